The molecular weight excluding hydrogens is 222 g/mol. The lowest BCUT2D eigenvalue weighted by molar-refractivity contribution is 0.106. The summed E-state index contributed by atoms with van der Waals surface area (Å²) in [6, 6.07) is 7.76. The van der Waals surface area contributed by atoms with Gasteiger partial charge in [0.2, 0.25) is 0 Å². The van der Waals surface area contributed by atoms with E-state index in [4.69, 9.17) is 0 Å². The van der Waals surface area contributed by atoms with E-state index in [1.165, 1.54) is 0 Å². The van der Waals surface area contributed by atoms with E-state index in [0.29, 0.717) is 5.56 Å². The molecule has 0 unspecified atom stereocenters. The number of aromatic nitrogens is 1. The van der Waals surface area contributed by atoms with Crippen molar-refractivity contribution in [2.45, 2.75) is 0 Å². The highest BCUT2D eigenvalue weighted by atomic mass is 16.1. The molecule has 2 aromatic rings. The van der Waals surface area contributed by atoms with E-state index in [-0.39, 0.29) is 5.78 Å². The number of benzene rings is 1. The number of rotatable bonds is 0. The van der Waals surface area contributed by atoms with Gasteiger partial charge in [0.25, 0.3) is 0 Å². The molecule has 2 heteroatoms. The third kappa shape index (κ3) is 1.12. The van der Waals surface area contributed by atoms with Crippen LogP contribution in [0.5, 0.6) is 0 Å². The number of pyridine rings is 1. The molecule has 0 spiro atoms. The number of hydrogen-bond donors (Lipinski definition) is 0. The predicted octanol–water partition coefficient (Wildman–Crippen LogP) is 1.53. The minimum absolute atomic E-state index is 0.0410. The fraction of sp³-hybridized carbons (Fsp3) is 0. The zero-order valence-corrected chi connectivity index (χ0v) is 9.55. The summed E-state index contributed by atoms with van der Waals surface area (Å²) in [5, 5.41) is 2.12. The van der Waals surface area contributed by atoms with Gasteiger partial charge in [-0.15, -0.1) is 0 Å². The van der Waals surface area contributed by atoms with E-state index in [2.05, 4.69) is 17.1 Å². The number of nitrogens with zero attached hydrogens (tertiary/aromatic N) is 1. The summed E-state index contributed by atoms with van der Waals surface area (Å²) in [5.41, 5.74) is 3.69. The second-order valence-corrected chi connectivity index (χ2v) is 4.46. The molecule has 4 rings (SSSR count). The average Bonchev–Trinajstić information content (AvgIpc) is 2.88. The Morgan fingerprint density at radius 2 is 1.94 bits per heavy atom. The summed E-state index contributed by atoms with van der Waals surface area (Å²) in [4.78, 5) is 16.5. The van der Waals surface area contributed by atoms with Gasteiger partial charge in [-0.1, -0.05) is 30.4 Å². The first-order chi connectivity index (χ1) is 8.84. The predicted molar refractivity (Wildman–Crippen MR) is 71.2 cm³/mol. The summed E-state index contributed by atoms with van der Waals surface area (Å²) in [6.07, 6.45) is 9.57. The molecule has 84 valence electrons. The summed E-state index contributed by atoms with van der Waals surface area (Å²) < 4.78 is 0. The summed E-state index contributed by atoms with van der Waals surface area (Å²) in [6.45, 7) is 0. The Morgan fingerprint density at radius 1 is 1.00 bits per heavy atom. The highest BCUT2D eigenvalue weighted by molar-refractivity contribution is 6.22. The lowest BCUT2D eigenvalue weighted by atomic mass is 9.93. The third-order valence-corrected chi connectivity index (χ3v) is 3.46. The fourth-order valence-electron chi connectivity index (χ4n) is 2.62. The van der Waals surface area contributed by atoms with Gasteiger partial charge < -0.3 is 0 Å². The van der Waals surface area contributed by atoms with Crippen LogP contribution < -0.4 is 10.4 Å². The second-order valence-electron chi connectivity index (χ2n) is 4.46. The van der Waals surface area contributed by atoms with E-state index in [1.807, 2.05) is 24.3 Å². The molecule has 18 heavy (non-hydrogen) atoms. The number of allylic oxidation sites excluding steroid dienone is 1. The monoisotopic (exact) mass is 231 g/mol. The first kappa shape index (κ1) is 9.54. The van der Waals surface area contributed by atoms with Crippen LogP contribution in [0, 0.1) is 0 Å². The van der Waals surface area contributed by atoms with Crippen molar-refractivity contribution in [2.75, 3.05) is 0 Å². The molecule has 1 aromatic carbocycles. The van der Waals surface area contributed by atoms with Gasteiger partial charge in [-0.25, -0.2) is 0 Å². The normalized spacial score (nSPS) is 14.3. The molecule has 0 amide bonds. The molecule has 0 aliphatic heterocycles. The molecule has 0 atom stereocenters. The van der Waals surface area contributed by atoms with Crippen LogP contribution in [0.4, 0.5) is 0 Å². The van der Waals surface area contributed by atoms with Crippen LogP contribution in [-0.4, -0.2) is 10.8 Å². The van der Waals surface area contributed by atoms with E-state index in [9.17, 15) is 4.79 Å². The quantitative estimate of drug-likeness (QED) is 0.688. The molecule has 2 aliphatic carbocycles. The Bertz CT molecular complexity index is 844. The van der Waals surface area contributed by atoms with Crippen LogP contribution in [0.3, 0.4) is 0 Å². The first-order valence-corrected chi connectivity index (χ1v) is 5.87. The van der Waals surface area contributed by atoms with Crippen LogP contribution in [0.25, 0.3) is 29.5 Å². The third-order valence-electron chi connectivity index (χ3n) is 3.46. The van der Waals surface area contributed by atoms with E-state index < -0.39 is 0 Å². The second kappa shape index (κ2) is 3.26. The average molecular weight is 231 g/mol. The van der Waals surface area contributed by atoms with Crippen LogP contribution in [-0.2, 0) is 0 Å². The first-order valence-electron chi connectivity index (χ1n) is 5.87. The SMILES string of the molecule is O=C1C=c2c(ccc3c2=CC=C3)-c2ncccc21. The van der Waals surface area contributed by atoms with Gasteiger partial charge in [-0.2, -0.15) is 0 Å². The molecule has 2 aliphatic rings. The molecule has 0 N–H and O–H groups in total. The zero-order chi connectivity index (χ0) is 12.1. The Kier molecular flexibility index (Phi) is 1.73. The van der Waals surface area contributed by atoms with Crippen molar-refractivity contribution in [3.63, 3.8) is 0 Å². The minimum Gasteiger partial charge on any atom is -0.289 e. The Labute approximate surface area is 104 Å². The number of hydrogen-bond acceptors (Lipinski definition) is 2. The lowest BCUT2D eigenvalue weighted by Crippen LogP contribution is -2.32. The highest BCUT2D eigenvalue weighted by Crippen LogP contribution is 2.22. The fourth-order valence-corrected chi connectivity index (χ4v) is 2.62. The maximum absolute atomic E-state index is 12.1. The van der Waals surface area contributed by atoms with Gasteiger partial charge in [0.15, 0.2) is 5.78 Å². The number of fused-ring (bicyclic) bond motifs is 5. The lowest BCUT2D eigenvalue weighted by Gasteiger charge is -2.12. The Hall–Kier alpha value is -2.48. The van der Waals surface area contributed by atoms with Crippen LogP contribution in [0.2, 0.25) is 0 Å². The summed E-state index contributed by atoms with van der Waals surface area (Å²) in [7, 11) is 0. The Morgan fingerprint density at radius 3 is 2.89 bits per heavy atom. The maximum atomic E-state index is 12.1. The van der Waals surface area contributed by atoms with Crippen LogP contribution >= 0.6 is 0 Å². The molecule has 1 aromatic heterocycles. The van der Waals surface area contributed by atoms with Gasteiger partial charge in [0.05, 0.1) is 5.69 Å². The van der Waals surface area contributed by atoms with E-state index >= 15 is 0 Å². The van der Waals surface area contributed by atoms with Gasteiger partial charge in [0, 0.05) is 17.3 Å². The topological polar surface area (TPSA) is 30.0 Å². The molecule has 2 nitrogen and oxygen atoms in total. The summed E-state index contributed by atoms with van der Waals surface area (Å²) >= 11 is 0. The van der Waals surface area contributed by atoms with Crippen molar-refractivity contribution in [1.29, 1.82) is 0 Å². The van der Waals surface area contributed by atoms with Gasteiger partial charge >= 0.3 is 0 Å². The minimum atomic E-state index is 0.0410. The highest BCUT2D eigenvalue weighted by Gasteiger charge is 2.19. The van der Waals surface area contributed by atoms with Crippen molar-refractivity contribution in [3.8, 4) is 11.3 Å². The van der Waals surface area contributed by atoms with Gasteiger partial charge in [0.1, 0.15) is 0 Å². The number of Topliss-reactive ketones (excluding diaryl/α,β-unsaturated/α-hetero) is 1. The van der Waals surface area contributed by atoms with E-state index in [0.717, 1.165) is 27.3 Å². The van der Waals surface area contributed by atoms with Crippen LogP contribution in [0.15, 0.2) is 36.5 Å². The molecule has 0 radical (unpaired) electrons. The zero-order valence-electron chi connectivity index (χ0n) is 9.55. The molecule has 0 saturated carbocycles. The molecule has 1 heterocycles. The largest absolute Gasteiger partial charge is 0.289 e. The van der Waals surface area contributed by atoms with Crippen molar-refractivity contribution in [1.82, 2.24) is 4.98 Å². The van der Waals surface area contributed by atoms with Crippen molar-refractivity contribution in [3.05, 3.63) is 58.1 Å². The van der Waals surface area contributed by atoms with Gasteiger partial charge in [-0.05, 0) is 34.2 Å². The Balaban J connectivity index is 2.20. The number of carbonyl (C=O) groups is 1. The molecule has 0 bridgehead atoms. The maximum Gasteiger partial charge on any atom is 0.188 e. The van der Waals surface area contributed by atoms with Crippen molar-refractivity contribution < 1.29 is 4.79 Å². The van der Waals surface area contributed by atoms with Crippen LogP contribution in [0.1, 0.15) is 15.9 Å². The summed E-state index contributed by atoms with van der Waals surface area (Å²) in [5.74, 6) is 0.0410. The molecule has 0 saturated heterocycles. The van der Waals surface area contributed by atoms with Gasteiger partial charge in [-0.3, -0.25) is 9.78 Å². The van der Waals surface area contributed by atoms with E-state index in [1.54, 1.807) is 18.3 Å². The van der Waals surface area contributed by atoms with Crippen molar-refractivity contribution in [2.24, 2.45) is 0 Å². The molecular formula is C16H9NO. The van der Waals surface area contributed by atoms with Crippen molar-refractivity contribution >= 4 is 24.0 Å². The standard InChI is InChI=1S/C16H9NO/c18-15-9-14-11-4-1-3-10(11)6-7-12(14)16-13(15)5-2-8-17-16/h1-9H. The number of carbonyl (C=O) groups excluding carboxylic acids is 1. The molecule has 0 fully saturated rings. The smallest absolute Gasteiger partial charge is 0.188 e. The number of ketones is 1.